The molecule has 0 saturated carbocycles. The van der Waals surface area contributed by atoms with Gasteiger partial charge in [0.25, 0.3) is 5.56 Å². The second-order valence-corrected chi connectivity index (χ2v) is 4.13. The minimum absolute atomic E-state index is 0.125. The molecular weight excluding hydrogens is 260 g/mol. The number of pyridine rings is 1. The Bertz CT molecular complexity index is 401. The molecule has 0 spiro atoms. The van der Waals surface area contributed by atoms with Crippen LogP contribution in [0.2, 0.25) is 0 Å². The minimum Gasteiger partial charge on any atom is -0.326 e. The van der Waals surface area contributed by atoms with Gasteiger partial charge in [0.2, 0.25) is 5.91 Å². The van der Waals surface area contributed by atoms with Crippen LogP contribution >= 0.6 is 15.9 Å². The van der Waals surface area contributed by atoms with Crippen molar-refractivity contribution in [1.82, 2.24) is 4.98 Å². The highest BCUT2D eigenvalue weighted by Gasteiger charge is 2.05. The van der Waals surface area contributed by atoms with Gasteiger partial charge in [-0.15, -0.1) is 0 Å². The van der Waals surface area contributed by atoms with Gasteiger partial charge in [0.15, 0.2) is 0 Å². The van der Waals surface area contributed by atoms with E-state index in [9.17, 15) is 9.59 Å². The summed E-state index contributed by atoms with van der Waals surface area (Å²) in [5.41, 5.74) is -0.00599. The van der Waals surface area contributed by atoms with E-state index in [0.29, 0.717) is 6.42 Å². The van der Waals surface area contributed by atoms with Crippen LogP contribution in [0.5, 0.6) is 0 Å². The zero-order chi connectivity index (χ0) is 11.3. The fraction of sp³-hybridized carbons (Fsp3) is 0.400. The van der Waals surface area contributed by atoms with Gasteiger partial charge in [-0.05, 0) is 28.4 Å². The van der Waals surface area contributed by atoms with Gasteiger partial charge in [-0.1, -0.05) is 13.3 Å². The lowest BCUT2D eigenvalue weighted by Gasteiger charge is -2.03. The highest BCUT2D eigenvalue weighted by molar-refractivity contribution is 9.10. The zero-order valence-electron chi connectivity index (χ0n) is 8.47. The molecule has 1 aromatic rings. The molecule has 0 saturated heterocycles. The first-order valence-corrected chi connectivity index (χ1v) is 5.61. The van der Waals surface area contributed by atoms with E-state index in [0.717, 1.165) is 17.3 Å². The zero-order valence-corrected chi connectivity index (χ0v) is 10.1. The number of anilines is 1. The third-order valence-corrected chi connectivity index (χ3v) is 2.36. The molecule has 0 fully saturated rings. The first-order valence-electron chi connectivity index (χ1n) is 4.81. The second-order valence-electron chi connectivity index (χ2n) is 3.21. The normalized spacial score (nSPS) is 10.0. The van der Waals surface area contributed by atoms with Crippen molar-refractivity contribution in [2.45, 2.75) is 26.2 Å². The van der Waals surface area contributed by atoms with E-state index in [-0.39, 0.29) is 17.2 Å². The number of carbonyl (C=O) groups excluding carboxylic acids is 1. The van der Waals surface area contributed by atoms with Gasteiger partial charge in [0.05, 0.1) is 0 Å². The number of aromatic amines is 1. The Morgan fingerprint density at radius 3 is 3.00 bits per heavy atom. The Kier molecular flexibility index (Phi) is 4.55. The van der Waals surface area contributed by atoms with Crippen LogP contribution in [0.1, 0.15) is 26.2 Å². The van der Waals surface area contributed by atoms with Crippen LogP contribution in [0.25, 0.3) is 0 Å². The first-order chi connectivity index (χ1) is 7.13. The van der Waals surface area contributed by atoms with Gasteiger partial charge in [-0.3, -0.25) is 9.59 Å². The molecule has 1 aromatic heterocycles. The van der Waals surface area contributed by atoms with Crippen molar-refractivity contribution < 1.29 is 4.79 Å². The van der Waals surface area contributed by atoms with E-state index in [1.54, 1.807) is 6.07 Å². The van der Waals surface area contributed by atoms with Crippen LogP contribution in [0, 0.1) is 0 Å². The fourth-order valence-electron chi connectivity index (χ4n) is 1.10. The number of carbonyl (C=O) groups is 1. The lowest BCUT2D eigenvalue weighted by molar-refractivity contribution is -0.116. The maximum absolute atomic E-state index is 11.4. The van der Waals surface area contributed by atoms with Crippen LogP contribution in [0.3, 0.4) is 0 Å². The predicted octanol–water partition coefficient (Wildman–Crippen LogP) is 2.27. The molecule has 1 rings (SSSR count). The number of H-pyrrole nitrogens is 1. The van der Waals surface area contributed by atoms with Gasteiger partial charge < -0.3 is 10.3 Å². The quantitative estimate of drug-likeness (QED) is 0.883. The molecule has 0 bridgehead atoms. The van der Waals surface area contributed by atoms with E-state index < -0.39 is 0 Å². The lowest BCUT2D eigenvalue weighted by atomic mass is 10.2. The molecule has 0 aliphatic heterocycles. The fourth-order valence-corrected chi connectivity index (χ4v) is 1.44. The molecule has 4 nitrogen and oxygen atoms in total. The summed E-state index contributed by atoms with van der Waals surface area (Å²) >= 11 is 3.22. The summed E-state index contributed by atoms with van der Waals surface area (Å²) in [6, 6.07) is 1.59. The van der Waals surface area contributed by atoms with Crippen molar-refractivity contribution in [3.8, 4) is 0 Å². The van der Waals surface area contributed by atoms with Gasteiger partial charge in [0, 0.05) is 17.1 Å². The summed E-state index contributed by atoms with van der Waals surface area (Å²) in [7, 11) is 0. The number of nitrogens with one attached hydrogen (secondary N) is 2. The van der Waals surface area contributed by atoms with Gasteiger partial charge >= 0.3 is 0 Å². The summed E-state index contributed by atoms with van der Waals surface area (Å²) in [6.45, 7) is 2.01. The number of unbranched alkanes of at least 4 members (excludes halogenated alkanes) is 1. The topological polar surface area (TPSA) is 62.0 Å². The van der Waals surface area contributed by atoms with E-state index in [2.05, 4.69) is 26.2 Å². The molecular formula is C10H13BrN2O2. The Labute approximate surface area is 96.2 Å². The standard InChI is InChI=1S/C10H13BrN2O2/c1-2-3-4-9(14)13-8-5-7(11)6-12-10(8)15/h5-6H,2-4H2,1H3,(H,12,15)(H,13,14). The molecule has 1 amide bonds. The first kappa shape index (κ1) is 12.0. The molecule has 0 atom stereocenters. The third-order valence-electron chi connectivity index (χ3n) is 1.90. The number of aromatic nitrogens is 1. The summed E-state index contributed by atoms with van der Waals surface area (Å²) in [5, 5.41) is 2.57. The Morgan fingerprint density at radius 1 is 1.60 bits per heavy atom. The number of hydrogen-bond acceptors (Lipinski definition) is 2. The average molecular weight is 273 g/mol. The summed E-state index contributed by atoms with van der Waals surface area (Å²) in [6.07, 6.45) is 3.77. The molecule has 1 heterocycles. The number of hydrogen-bond donors (Lipinski definition) is 2. The van der Waals surface area contributed by atoms with Gasteiger partial charge in [0.1, 0.15) is 5.69 Å². The van der Waals surface area contributed by atoms with Crippen LogP contribution in [-0.2, 0) is 4.79 Å². The Hall–Kier alpha value is -1.10. The number of rotatable bonds is 4. The molecule has 0 unspecified atom stereocenters. The summed E-state index contributed by atoms with van der Waals surface area (Å²) in [5.74, 6) is -0.125. The highest BCUT2D eigenvalue weighted by Crippen LogP contribution is 2.10. The Balaban J connectivity index is 2.68. The maximum atomic E-state index is 11.4. The lowest BCUT2D eigenvalue weighted by Crippen LogP contribution is -2.19. The van der Waals surface area contributed by atoms with Crippen molar-refractivity contribution in [3.05, 3.63) is 27.1 Å². The van der Waals surface area contributed by atoms with Crippen molar-refractivity contribution >= 4 is 27.5 Å². The SMILES string of the molecule is CCCCC(=O)Nc1cc(Br)c[nH]c1=O. The summed E-state index contributed by atoms with van der Waals surface area (Å²) < 4.78 is 0.730. The highest BCUT2D eigenvalue weighted by atomic mass is 79.9. The second kappa shape index (κ2) is 5.70. The van der Waals surface area contributed by atoms with Crippen LogP contribution < -0.4 is 10.9 Å². The predicted molar refractivity (Wildman–Crippen MR) is 62.9 cm³/mol. The molecule has 82 valence electrons. The van der Waals surface area contributed by atoms with E-state index in [1.807, 2.05) is 6.92 Å². The smallest absolute Gasteiger partial charge is 0.271 e. The molecule has 0 aliphatic rings. The van der Waals surface area contributed by atoms with E-state index in [4.69, 9.17) is 0 Å². The third kappa shape index (κ3) is 3.87. The molecule has 2 N–H and O–H groups in total. The summed E-state index contributed by atoms with van der Waals surface area (Å²) in [4.78, 5) is 25.2. The number of halogens is 1. The molecule has 5 heteroatoms. The molecule has 0 radical (unpaired) electrons. The number of amides is 1. The average Bonchev–Trinajstić information content (AvgIpc) is 2.20. The minimum atomic E-state index is -0.289. The molecule has 15 heavy (non-hydrogen) atoms. The van der Waals surface area contributed by atoms with Gasteiger partial charge in [-0.25, -0.2) is 0 Å². The molecule has 0 aliphatic carbocycles. The maximum Gasteiger partial charge on any atom is 0.271 e. The van der Waals surface area contributed by atoms with Crippen LogP contribution in [-0.4, -0.2) is 10.9 Å². The van der Waals surface area contributed by atoms with Crippen molar-refractivity contribution in [1.29, 1.82) is 0 Å². The molecule has 0 aromatic carbocycles. The van der Waals surface area contributed by atoms with Crippen LogP contribution in [0.4, 0.5) is 5.69 Å². The monoisotopic (exact) mass is 272 g/mol. The van der Waals surface area contributed by atoms with Crippen molar-refractivity contribution in [2.75, 3.05) is 5.32 Å². The van der Waals surface area contributed by atoms with E-state index >= 15 is 0 Å². The van der Waals surface area contributed by atoms with E-state index in [1.165, 1.54) is 6.20 Å². The largest absolute Gasteiger partial charge is 0.326 e. The van der Waals surface area contributed by atoms with Crippen molar-refractivity contribution in [2.24, 2.45) is 0 Å². The Morgan fingerprint density at radius 2 is 2.33 bits per heavy atom. The van der Waals surface area contributed by atoms with Crippen molar-refractivity contribution in [3.63, 3.8) is 0 Å². The van der Waals surface area contributed by atoms with Crippen LogP contribution in [0.15, 0.2) is 21.5 Å². The van der Waals surface area contributed by atoms with Gasteiger partial charge in [-0.2, -0.15) is 0 Å².